The van der Waals surface area contributed by atoms with Gasteiger partial charge in [0.1, 0.15) is 6.61 Å². The lowest BCUT2D eigenvalue weighted by Gasteiger charge is -2.14. The van der Waals surface area contributed by atoms with Gasteiger partial charge in [0.25, 0.3) is 0 Å². The van der Waals surface area contributed by atoms with Crippen LogP contribution in [0.25, 0.3) is 0 Å². The molecule has 2 rings (SSSR count). The van der Waals surface area contributed by atoms with Gasteiger partial charge in [-0.2, -0.15) is 0 Å². The first-order chi connectivity index (χ1) is 11.1. The monoisotopic (exact) mass is 355 g/mol. The van der Waals surface area contributed by atoms with Crippen molar-refractivity contribution in [2.75, 3.05) is 25.1 Å². The number of hydrogen-bond donors (Lipinski definition) is 2. The fraction of sp³-hybridized carbons (Fsp3) is 0.294. The Hall–Kier alpha value is -1.62. The summed E-state index contributed by atoms with van der Waals surface area (Å²) < 4.78 is 11.0. The minimum atomic E-state index is -0.0395. The average molecular weight is 356 g/mol. The number of nitrogens with one attached hydrogen (secondary N) is 1. The molecule has 0 atom stereocenters. The number of ether oxygens (including phenoxy) is 2. The van der Waals surface area contributed by atoms with Gasteiger partial charge in [0.15, 0.2) is 11.5 Å². The number of hydrogen-bond acceptors (Lipinski definition) is 4. The van der Waals surface area contributed by atoms with Crippen molar-refractivity contribution in [3.8, 4) is 11.5 Å². The lowest BCUT2D eigenvalue weighted by atomic mass is 10.2. The molecule has 0 fully saturated rings. The lowest BCUT2D eigenvalue weighted by molar-refractivity contribution is 0.194. The van der Waals surface area contributed by atoms with Crippen LogP contribution in [0.15, 0.2) is 36.4 Å². The first-order valence-corrected chi connectivity index (χ1v) is 8.08. The standard InChI is InChI=1S/C17H19Cl2NO3/c1-2-22-17-9-12(3-6-16(17)23-8-7-21)11-20-15-10-13(18)4-5-14(15)19/h3-6,9-10,20-21H,2,7-8,11H2,1H3. The van der Waals surface area contributed by atoms with Crippen LogP contribution in [-0.2, 0) is 6.54 Å². The van der Waals surface area contributed by atoms with Crippen LogP contribution in [-0.4, -0.2) is 24.9 Å². The average Bonchev–Trinajstić information content (AvgIpc) is 2.55. The topological polar surface area (TPSA) is 50.7 Å². The van der Waals surface area contributed by atoms with Gasteiger partial charge < -0.3 is 19.9 Å². The summed E-state index contributed by atoms with van der Waals surface area (Å²) in [5, 5.41) is 13.3. The van der Waals surface area contributed by atoms with Crippen LogP contribution in [0.4, 0.5) is 5.69 Å². The van der Waals surface area contributed by atoms with E-state index >= 15 is 0 Å². The molecule has 2 N–H and O–H groups in total. The molecule has 0 aromatic heterocycles. The fourth-order valence-corrected chi connectivity index (χ4v) is 2.39. The Morgan fingerprint density at radius 3 is 2.61 bits per heavy atom. The van der Waals surface area contributed by atoms with Crippen molar-refractivity contribution in [2.45, 2.75) is 13.5 Å². The molecule has 0 saturated carbocycles. The third-order valence-electron chi connectivity index (χ3n) is 3.07. The molecule has 0 aliphatic carbocycles. The summed E-state index contributed by atoms with van der Waals surface area (Å²) in [6.07, 6.45) is 0. The molecule has 0 amide bonds. The van der Waals surface area contributed by atoms with Crippen LogP contribution in [0.5, 0.6) is 11.5 Å². The summed E-state index contributed by atoms with van der Waals surface area (Å²) in [6.45, 7) is 3.21. The fourth-order valence-electron chi connectivity index (χ4n) is 2.04. The molecule has 0 heterocycles. The minimum Gasteiger partial charge on any atom is -0.490 e. The highest BCUT2D eigenvalue weighted by molar-refractivity contribution is 6.35. The van der Waals surface area contributed by atoms with Gasteiger partial charge in [-0.25, -0.2) is 0 Å². The Balaban J connectivity index is 2.10. The number of anilines is 1. The van der Waals surface area contributed by atoms with Gasteiger partial charge in [0.2, 0.25) is 0 Å². The van der Waals surface area contributed by atoms with Crippen molar-refractivity contribution in [1.82, 2.24) is 0 Å². The van der Waals surface area contributed by atoms with Gasteiger partial charge in [0, 0.05) is 11.6 Å². The van der Waals surface area contributed by atoms with E-state index in [4.69, 9.17) is 37.8 Å². The normalized spacial score (nSPS) is 10.4. The Morgan fingerprint density at radius 1 is 1.04 bits per heavy atom. The van der Waals surface area contributed by atoms with E-state index in [9.17, 15) is 0 Å². The zero-order valence-corrected chi connectivity index (χ0v) is 14.3. The van der Waals surface area contributed by atoms with Crippen molar-refractivity contribution >= 4 is 28.9 Å². The summed E-state index contributed by atoms with van der Waals surface area (Å²) in [6, 6.07) is 10.9. The molecule has 4 nitrogen and oxygen atoms in total. The predicted molar refractivity (Wildman–Crippen MR) is 94.0 cm³/mol. The van der Waals surface area contributed by atoms with E-state index < -0.39 is 0 Å². The van der Waals surface area contributed by atoms with Crippen molar-refractivity contribution in [3.63, 3.8) is 0 Å². The molecule has 0 spiro atoms. The van der Waals surface area contributed by atoms with Crippen LogP contribution < -0.4 is 14.8 Å². The Labute approximate surface area is 145 Å². The maximum Gasteiger partial charge on any atom is 0.161 e. The van der Waals surface area contributed by atoms with E-state index in [1.165, 1.54) is 0 Å². The maximum absolute atomic E-state index is 8.86. The zero-order valence-electron chi connectivity index (χ0n) is 12.8. The molecule has 124 valence electrons. The second-order valence-electron chi connectivity index (χ2n) is 4.76. The molecular formula is C17H19Cl2NO3. The Kier molecular flexibility index (Phi) is 6.84. The van der Waals surface area contributed by atoms with E-state index in [2.05, 4.69) is 5.32 Å². The van der Waals surface area contributed by atoms with E-state index in [0.29, 0.717) is 34.7 Å². The van der Waals surface area contributed by atoms with Gasteiger partial charge in [0.05, 0.1) is 23.9 Å². The van der Waals surface area contributed by atoms with Crippen LogP contribution >= 0.6 is 23.2 Å². The first-order valence-electron chi connectivity index (χ1n) is 7.32. The van der Waals surface area contributed by atoms with Crippen LogP contribution in [0.2, 0.25) is 10.0 Å². The molecule has 0 aliphatic heterocycles. The van der Waals surface area contributed by atoms with Crippen LogP contribution in [0.3, 0.4) is 0 Å². The zero-order chi connectivity index (χ0) is 16.7. The third-order valence-corrected chi connectivity index (χ3v) is 3.63. The summed E-state index contributed by atoms with van der Waals surface area (Å²) in [5.41, 5.74) is 1.79. The highest BCUT2D eigenvalue weighted by Crippen LogP contribution is 2.30. The summed E-state index contributed by atoms with van der Waals surface area (Å²) in [7, 11) is 0. The minimum absolute atomic E-state index is 0.0395. The number of rotatable bonds is 8. The van der Waals surface area contributed by atoms with Gasteiger partial charge in [-0.1, -0.05) is 29.3 Å². The SMILES string of the molecule is CCOc1cc(CNc2cc(Cl)ccc2Cl)ccc1OCCO. The van der Waals surface area contributed by atoms with E-state index in [1.54, 1.807) is 18.2 Å². The highest BCUT2D eigenvalue weighted by Gasteiger charge is 2.07. The number of benzene rings is 2. The molecule has 0 aliphatic rings. The Bertz CT molecular complexity index is 650. The number of aliphatic hydroxyl groups excluding tert-OH is 1. The van der Waals surface area contributed by atoms with Crippen molar-refractivity contribution < 1.29 is 14.6 Å². The summed E-state index contributed by atoms with van der Waals surface area (Å²) in [4.78, 5) is 0. The molecule has 2 aromatic carbocycles. The molecule has 0 saturated heterocycles. The van der Waals surface area contributed by atoms with E-state index in [0.717, 1.165) is 11.3 Å². The van der Waals surface area contributed by atoms with Crippen molar-refractivity contribution in [2.24, 2.45) is 0 Å². The lowest BCUT2D eigenvalue weighted by Crippen LogP contribution is -2.05. The third kappa shape index (κ3) is 5.20. The van der Waals surface area contributed by atoms with Gasteiger partial charge in [-0.3, -0.25) is 0 Å². The quantitative estimate of drug-likeness (QED) is 0.737. The number of aliphatic hydroxyl groups is 1. The second kappa shape index (κ2) is 8.87. The Morgan fingerprint density at radius 2 is 1.87 bits per heavy atom. The maximum atomic E-state index is 8.86. The molecule has 0 unspecified atom stereocenters. The molecule has 2 aromatic rings. The van der Waals surface area contributed by atoms with Crippen LogP contribution in [0.1, 0.15) is 12.5 Å². The van der Waals surface area contributed by atoms with E-state index in [-0.39, 0.29) is 13.2 Å². The number of halogens is 2. The van der Waals surface area contributed by atoms with Gasteiger partial charge in [-0.05, 0) is 42.8 Å². The van der Waals surface area contributed by atoms with Gasteiger partial charge >= 0.3 is 0 Å². The molecule has 6 heteroatoms. The largest absolute Gasteiger partial charge is 0.490 e. The second-order valence-corrected chi connectivity index (χ2v) is 5.61. The summed E-state index contributed by atoms with van der Waals surface area (Å²) in [5.74, 6) is 1.27. The highest BCUT2D eigenvalue weighted by atomic mass is 35.5. The smallest absolute Gasteiger partial charge is 0.161 e. The first kappa shape index (κ1) is 17.7. The molecule has 0 radical (unpaired) electrons. The molecule has 0 bridgehead atoms. The summed E-state index contributed by atoms with van der Waals surface area (Å²) >= 11 is 12.1. The van der Waals surface area contributed by atoms with E-state index in [1.807, 2.05) is 25.1 Å². The van der Waals surface area contributed by atoms with Gasteiger partial charge in [-0.15, -0.1) is 0 Å². The predicted octanol–water partition coefficient (Wildman–Crippen LogP) is 4.38. The van der Waals surface area contributed by atoms with Crippen molar-refractivity contribution in [3.05, 3.63) is 52.0 Å². The van der Waals surface area contributed by atoms with Crippen LogP contribution in [0, 0.1) is 0 Å². The molecular weight excluding hydrogens is 337 g/mol. The van der Waals surface area contributed by atoms with Crippen molar-refractivity contribution in [1.29, 1.82) is 0 Å². The molecule has 23 heavy (non-hydrogen) atoms.